The molecule has 62 valence electrons. The van der Waals surface area contributed by atoms with E-state index >= 15 is 0 Å². The van der Waals surface area contributed by atoms with Gasteiger partial charge in [0.15, 0.2) is 5.96 Å². The first kappa shape index (κ1) is 7.84. The minimum atomic E-state index is 0.0359. The highest BCUT2D eigenvalue weighted by molar-refractivity contribution is 5.79. The first-order chi connectivity index (χ1) is 5.20. The van der Waals surface area contributed by atoms with Crippen molar-refractivity contribution in [2.45, 2.75) is 6.42 Å². The molecular formula is C6H12N4O. The van der Waals surface area contributed by atoms with Crippen molar-refractivity contribution in [3.05, 3.63) is 0 Å². The highest BCUT2D eigenvalue weighted by atomic mass is 16.1. The number of guanidine groups is 1. The number of carbonyl (C=O) groups excluding carboxylic acids is 1. The van der Waals surface area contributed by atoms with E-state index in [0.29, 0.717) is 26.1 Å². The van der Waals surface area contributed by atoms with Crippen molar-refractivity contribution < 1.29 is 4.79 Å². The van der Waals surface area contributed by atoms with E-state index in [1.165, 1.54) is 0 Å². The summed E-state index contributed by atoms with van der Waals surface area (Å²) in [7, 11) is 0. The summed E-state index contributed by atoms with van der Waals surface area (Å²) in [5.74, 6) is 0.0789. The van der Waals surface area contributed by atoms with Crippen LogP contribution in [0.15, 0.2) is 0 Å². The van der Waals surface area contributed by atoms with Gasteiger partial charge in [-0.3, -0.25) is 10.2 Å². The number of hydrogen-bond donors (Lipinski definition) is 3. The molecule has 1 amide bonds. The molecule has 0 unspecified atom stereocenters. The minimum absolute atomic E-state index is 0.0359. The summed E-state index contributed by atoms with van der Waals surface area (Å²) >= 11 is 0. The predicted molar refractivity (Wildman–Crippen MR) is 41.1 cm³/mol. The molecular weight excluding hydrogens is 144 g/mol. The lowest BCUT2D eigenvalue weighted by Crippen LogP contribution is -2.38. The summed E-state index contributed by atoms with van der Waals surface area (Å²) in [6, 6.07) is 0. The van der Waals surface area contributed by atoms with Crippen LogP contribution in [0, 0.1) is 5.41 Å². The van der Waals surface area contributed by atoms with Gasteiger partial charge < -0.3 is 16.0 Å². The number of nitrogens with two attached hydrogens (primary N) is 1. The van der Waals surface area contributed by atoms with Crippen molar-refractivity contribution in [3.63, 3.8) is 0 Å². The molecule has 5 nitrogen and oxygen atoms in total. The highest BCUT2D eigenvalue weighted by Gasteiger charge is 2.13. The van der Waals surface area contributed by atoms with Crippen LogP contribution in [0.5, 0.6) is 0 Å². The molecule has 0 aromatic rings. The third-order valence-electron chi connectivity index (χ3n) is 1.65. The van der Waals surface area contributed by atoms with Gasteiger partial charge >= 0.3 is 0 Å². The Morgan fingerprint density at radius 2 is 2.36 bits per heavy atom. The fourth-order valence-electron chi connectivity index (χ4n) is 1.01. The Morgan fingerprint density at radius 3 is 3.00 bits per heavy atom. The van der Waals surface area contributed by atoms with E-state index in [9.17, 15) is 4.79 Å². The van der Waals surface area contributed by atoms with E-state index in [4.69, 9.17) is 11.1 Å². The van der Waals surface area contributed by atoms with Gasteiger partial charge in [0.25, 0.3) is 0 Å². The molecule has 0 saturated carbocycles. The molecule has 1 saturated heterocycles. The second-order valence-corrected chi connectivity index (χ2v) is 2.47. The van der Waals surface area contributed by atoms with Gasteiger partial charge in [-0.15, -0.1) is 0 Å². The number of hydrogen-bond acceptors (Lipinski definition) is 2. The summed E-state index contributed by atoms with van der Waals surface area (Å²) in [6.45, 7) is 1.78. The van der Waals surface area contributed by atoms with Crippen molar-refractivity contribution in [2.75, 3.05) is 19.6 Å². The lowest BCUT2D eigenvalue weighted by atomic mass is 10.4. The second-order valence-electron chi connectivity index (χ2n) is 2.47. The summed E-state index contributed by atoms with van der Waals surface area (Å²) < 4.78 is 0. The van der Waals surface area contributed by atoms with E-state index in [-0.39, 0.29) is 11.9 Å². The van der Waals surface area contributed by atoms with Gasteiger partial charge in [0.2, 0.25) is 5.91 Å². The Hall–Kier alpha value is -1.26. The zero-order valence-electron chi connectivity index (χ0n) is 6.26. The van der Waals surface area contributed by atoms with Gasteiger partial charge in [-0.1, -0.05) is 0 Å². The first-order valence-corrected chi connectivity index (χ1v) is 3.56. The maximum absolute atomic E-state index is 10.8. The number of nitrogens with one attached hydrogen (secondary N) is 2. The van der Waals surface area contributed by atoms with Crippen LogP contribution in [0.2, 0.25) is 0 Å². The zero-order valence-corrected chi connectivity index (χ0v) is 6.26. The van der Waals surface area contributed by atoms with Gasteiger partial charge in [0.1, 0.15) is 0 Å². The standard InChI is InChI=1S/C6H12N4O/c7-6(8)10-3-1-5(11)9-2-4-10/h1-4H2,(H3,7,8)(H,9,11). The third kappa shape index (κ3) is 2.10. The molecule has 0 aliphatic carbocycles. The lowest BCUT2D eigenvalue weighted by molar-refractivity contribution is -0.120. The van der Waals surface area contributed by atoms with Crippen molar-refractivity contribution >= 4 is 11.9 Å². The van der Waals surface area contributed by atoms with Crippen molar-refractivity contribution in [3.8, 4) is 0 Å². The molecule has 4 N–H and O–H groups in total. The summed E-state index contributed by atoms with van der Waals surface area (Å²) in [4.78, 5) is 12.5. The fraction of sp³-hybridized carbons (Fsp3) is 0.667. The minimum Gasteiger partial charge on any atom is -0.370 e. The summed E-state index contributed by atoms with van der Waals surface area (Å²) in [5.41, 5.74) is 5.25. The largest absolute Gasteiger partial charge is 0.370 e. The maximum atomic E-state index is 10.8. The third-order valence-corrected chi connectivity index (χ3v) is 1.65. The van der Waals surface area contributed by atoms with Crippen LogP contribution in [0.1, 0.15) is 6.42 Å². The highest BCUT2D eigenvalue weighted by Crippen LogP contribution is 1.93. The fourth-order valence-corrected chi connectivity index (χ4v) is 1.01. The van der Waals surface area contributed by atoms with Gasteiger partial charge in [-0.05, 0) is 0 Å². The first-order valence-electron chi connectivity index (χ1n) is 3.56. The average molecular weight is 156 g/mol. The Balaban J connectivity index is 2.46. The van der Waals surface area contributed by atoms with E-state index in [1.54, 1.807) is 4.90 Å². The van der Waals surface area contributed by atoms with Crippen LogP contribution < -0.4 is 11.1 Å². The van der Waals surface area contributed by atoms with Crippen LogP contribution >= 0.6 is 0 Å². The average Bonchev–Trinajstić information content (AvgIpc) is 2.13. The number of rotatable bonds is 0. The molecule has 0 aromatic carbocycles. The number of carbonyl (C=O) groups is 1. The molecule has 0 bridgehead atoms. The maximum Gasteiger partial charge on any atom is 0.221 e. The molecule has 5 heteroatoms. The molecule has 1 rings (SSSR count). The Labute approximate surface area is 65.1 Å². The second kappa shape index (κ2) is 3.23. The van der Waals surface area contributed by atoms with Gasteiger partial charge in [0, 0.05) is 26.1 Å². The van der Waals surface area contributed by atoms with Gasteiger partial charge in [0.05, 0.1) is 0 Å². The molecule has 0 spiro atoms. The Kier molecular flexibility index (Phi) is 2.30. The van der Waals surface area contributed by atoms with E-state index in [2.05, 4.69) is 5.32 Å². The quantitative estimate of drug-likeness (QED) is 0.301. The van der Waals surface area contributed by atoms with Crippen LogP contribution in [0.3, 0.4) is 0 Å². The monoisotopic (exact) mass is 156 g/mol. The molecule has 11 heavy (non-hydrogen) atoms. The predicted octanol–water partition coefficient (Wildman–Crippen LogP) is -1.30. The molecule has 0 aromatic heterocycles. The van der Waals surface area contributed by atoms with Crippen molar-refractivity contribution in [2.24, 2.45) is 5.73 Å². The van der Waals surface area contributed by atoms with Gasteiger partial charge in [-0.2, -0.15) is 0 Å². The zero-order chi connectivity index (χ0) is 8.27. The van der Waals surface area contributed by atoms with Crippen LogP contribution in [-0.2, 0) is 4.79 Å². The summed E-state index contributed by atoms with van der Waals surface area (Å²) in [5, 5.41) is 9.81. The van der Waals surface area contributed by atoms with Crippen molar-refractivity contribution in [1.29, 1.82) is 5.41 Å². The van der Waals surface area contributed by atoms with E-state index < -0.39 is 0 Å². The molecule has 1 fully saturated rings. The lowest BCUT2D eigenvalue weighted by Gasteiger charge is -2.18. The van der Waals surface area contributed by atoms with E-state index in [1.807, 2.05) is 0 Å². The topological polar surface area (TPSA) is 82.2 Å². The summed E-state index contributed by atoms with van der Waals surface area (Å²) in [6.07, 6.45) is 0.430. The number of amides is 1. The van der Waals surface area contributed by atoms with Crippen LogP contribution in [0.4, 0.5) is 0 Å². The van der Waals surface area contributed by atoms with Crippen molar-refractivity contribution in [1.82, 2.24) is 10.2 Å². The van der Waals surface area contributed by atoms with E-state index in [0.717, 1.165) is 0 Å². The Bertz CT molecular complexity index is 179. The molecule has 0 atom stereocenters. The number of nitrogens with zero attached hydrogens (tertiary/aromatic N) is 1. The molecule has 1 aliphatic heterocycles. The molecule has 1 heterocycles. The molecule has 1 aliphatic rings. The normalized spacial score (nSPS) is 18.9. The smallest absolute Gasteiger partial charge is 0.221 e. The van der Waals surface area contributed by atoms with Gasteiger partial charge in [-0.25, -0.2) is 0 Å². The Morgan fingerprint density at radius 1 is 1.64 bits per heavy atom. The van der Waals surface area contributed by atoms with Crippen LogP contribution in [0.25, 0.3) is 0 Å². The molecule has 0 radical (unpaired) electrons. The SMILES string of the molecule is N=C(N)N1CCNC(=O)CC1. The van der Waals surface area contributed by atoms with Crippen LogP contribution in [-0.4, -0.2) is 36.4 Å².